The normalized spacial score (nSPS) is 23.4. The minimum atomic E-state index is 0.997. The van der Waals surface area contributed by atoms with E-state index in [0.717, 1.165) is 12.8 Å². The maximum atomic E-state index is 7.07. The van der Waals surface area contributed by atoms with E-state index in [9.17, 15) is 0 Å². The summed E-state index contributed by atoms with van der Waals surface area (Å²) in [7, 11) is 0. The molecule has 0 aromatic rings. The smallest absolute Gasteiger partial charge is 0.0185 e. The molecule has 0 fully saturated rings. The quantitative estimate of drug-likeness (QED) is 0.671. The molecule has 0 unspecified atom stereocenters. The average Bonchev–Trinajstić information content (AvgIpc) is 2.14. The molecule has 1 aliphatic heterocycles. The second-order valence-corrected chi connectivity index (χ2v) is 4.74. The zero-order valence-corrected chi connectivity index (χ0v) is 9.87. The molecule has 0 spiro atoms. The first-order valence-corrected chi connectivity index (χ1v) is 5.75. The fourth-order valence-corrected chi connectivity index (χ4v) is 2.55. The first-order valence-electron chi connectivity index (χ1n) is 4.93. The highest BCUT2D eigenvalue weighted by molar-refractivity contribution is 8.06. The molecule has 2 heteroatoms. The third kappa shape index (κ3) is 2.61. The molecule has 0 radical (unpaired) electrons. The molecule has 1 N–H and O–H groups in total. The molecule has 14 heavy (non-hydrogen) atoms. The Labute approximate surface area is 90.5 Å². The lowest BCUT2D eigenvalue weighted by Gasteiger charge is -2.20. The van der Waals surface area contributed by atoms with Gasteiger partial charge in [-0.2, -0.15) is 0 Å². The van der Waals surface area contributed by atoms with Crippen LogP contribution in [0, 0.1) is 5.41 Å². The SMILES string of the molecule is CC/C=C1\C/C(=C\C=N)SC(C)=C1C. The molecule has 1 nitrogen and oxygen atoms in total. The first kappa shape index (κ1) is 11.3. The third-order valence-electron chi connectivity index (χ3n) is 2.38. The van der Waals surface area contributed by atoms with Gasteiger partial charge < -0.3 is 5.41 Å². The lowest BCUT2D eigenvalue weighted by molar-refractivity contribution is 1.10. The molecule has 0 saturated carbocycles. The molecule has 0 aromatic carbocycles. The molecular weight excluding hydrogens is 190 g/mol. The van der Waals surface area contributed by atoms with Crippen molar-refractivity contribution in [2.24, 2.45) is 0 Å². The lowest BCUT2D eigenvalue weighted by Crippen LogP contribution is -1.97. The van der Waals surface area contributed by atoms with E-state index in [1.54, 1.807) is 11.8 Å². The van der Waals surface area contributed by atoms with E-state index in [0.29, 0.717) is 0 Å². The van der Waals surface area contributed by atoms with Crippen LogP contribution in [0.25, 0.3) is 0 Å². The summed E-state index contributed by atoms with van der Waals surface area (Å²) in [4.78, 5) is 2.65. The van der Waals surface area contributed by atoms with Gasteiger partial charge in [-0.1, -0.05) is 24.8 Å². The van der Waals surface area contributed by atoms with Crippen LogP contribution in [-0.2, 0) is 0 Å². The Balaban J connectivity index is 2.99. The van der Waals surface area contributed by atoms with Gasteiger partial charge in [-0.3, -0.25) is 0 Å². The predicted octanol–water partition coefficient (Wildman–Crippen LogP) is 4.29. The van der Waals surface area contributed by atoms with Crippen molar-refractivity contribution < 1.29 is 0 Å². The van der Waals surface area contributed by atoms with Crippen LogP contribution in [0.2, 0.25) is 0 Å². The molecule has 0 aromatic heterocycles. The van der Waals surface area contributed by atoms with Gasteiger partial charge in [0, 0.05) is 12.6 Å². The van der Waals surface area contributed by atoms with Gasteiger partial charge in [-0.05, 0) is 47.3 Å². The maximum absolute atomic E-state index is 7.07. The van der Waals surface area contributed by atoms with E-state index in [1.807, 2.05) is 6.08 Å². The Kier molecular flexibility index (Phi) is 4.21. The first-order chi connectivity index (χ1) is 6.69. The van der Waals surface area contributed by atoms with Crippen molar-refractivity contribution in [3.63, 3.8) is 0 Å². The van der Waals surface area contributed by atoms with Crippen LogP contribution in [0.3, 0.4) is 0 Å². The summed E-state index contributed by atoms with van der Waals surface area (Å²) in [6.45, 7) is 6.50. The van der Waals surface area contributed by atoms with Crippen LogP contribution in [-0.4, -0.2) is 6.21 Å². The molecule has 1 heterocycles. The molecular formula is C12H17NS. The Morgan fingerprint density at radius 2 is 2.14 bits per heavy atom. The zero-order chi connectivity index (χ0) is 10.6. The minimum absolute atomic E-state index is 0.997. The fourth-order valence-electron chi connectivity index (χ4n) is 1.51. The van der Waals surface area contributed by atoms with Gasteiger partial charge in [0.05, 0.1) is 0 Å². The van der Waals surface area contributed by atoms with Crippen molar-refractivity contribution in [3.8, 4) is 0 Å². The second kappa shape index (κ2) is 5.20. The van der Waals surface area contributed by atoms with Gasteiger partial charge in [0.25, 0.3) is 0 Å². The molecule has 0 amide bonds. The molecule has 0 bridgehead atoms. The monoisotopic (exact) mass is 207 g/mol. The molecule has 76 valence electrons. The molecule has 0 atom stereocenters. The fraction of sp³-hybridized carbons (Fsp3) is 0.417. The van der Waals surface area contributed by atoms with Crippen molar-refractivity contribution in [1.29, 1.82) is 5.41 Å². The van der Waals surface area contributed by atoms with Crippen LogP contribution in [0.4, 0.5) is 0 Å². The number of hydrogen-bond donors (Lipinski definition) is 1. The standard InChI is InChI=1S/C12H17NS/c1-4-5-11-8-12(6-7-13)14-10(3)9(11)2/h5-7,13H,4,8H2,1-3H3/b11-5+,12-6+,13-7?. The van der Waals surface area contributed by atoms with Gasteiger partial charge in [0.15, 0.2) is 0 Å². The Morgan fingerprint density at radius 3 is 2.71 bits per heavy atom. The summed E-state index contributed by atoms with van der Waals surface area (Å²) in [5, 5.41) is 7.07. The predicted molar refractivity (Wildman–Crippen MR) is 65.8 cm³/mol. The number of hydrogen-bond acceptors (Lipinski definition) is 2. The van der Waals surface area contributed by atoms with E-state index in [2.05, 4.69) is 26.8 Å². The van der Waals surface area contributed by atoms with Crippen molar-refractivity contribution in [3.05, 3.63) is 33.1 Å². The average molecular weight is 207 g/mol. The van der Waals surface area contributed by atoms with Gasteiger partial charge in [0.1, 0.15) is 0 Å². The molecule has 1 rings (SSSR count). The van der Waals surface area contributed by atoms with Gasteiger partial charge in [0.2, 0.25) is 0 Å². The Hall–Kier alpha value is -0.760. The van der Waals surface area contributed by atoms with E-state index >= 15 is 0 Å². The van der Waals surface area contributed by atoms with Crippen molar-refractivity contribution in [2.45, 2.75) is 33.6 Å². The minimum Gasteiger partial charge on any atom is -0.309 e. The number of nitrogens with one attached hydrogen (secondary N) is 1. The Bertz CT molecular complexity index is 321. The zero-order valence-electron chi connectivity index (χ0n) is 9.05. The number of allylic oxidation sites excluding steroid dienone is 6. The summed E-state index contributed by atoms with van der Waals surface area (Å²) >= 11 is 1.80. The van der Waals surface area contributed by atoms with Crippen molar-refractivity contribution in [2.75, 3.05) is 0 Å². The molecule has 0 saturated heterocycles. The molecule has 1 aliphatic rings. The lowest BCUT2D eigenvalue weighted by atomic mass is 10.0. The second-order valence-electron chi connectivity index (χ2n) is 3.40. The highest BCUT2D eigenvalue weighted by Crippen LogP contribution is 2.40. The largest absolute Gasteiger partial charge is 0.309 e. The van der Waals surface area contributed by atoms with Crippen LogP contribution in [0.15, 0.2) is 33.1 Å². The Morgan fingerprint density at radius 1 is 1.43 bits per heavy atom. The summed E-state index contributed by atoms with van der Waals surface area (Å²) in [6, 6.07) is 0. The summed E-state index contributed by atoms with van der Waals surface area (Å²) in [5.41, 5.74) is 2.84. The highest BCUT2D eigenvalue weighted by atomic mass is 32.2. The van der Waals surface area contributed by atoms with E-state index in [-0.39, 0.29) is 0 Å². The number of rotatable bonds is 2. The number of thioether (sulfide) groups is 1. The van der Waals surface area contributed by atoms with Crippen molar-refractivity contribution in [1.82, 2.24) is 0 Å². The van der Waals surface area contributed by atoms with Gasteiger partial charge in [-0.25, -0.2) is 0 Å². The van der Waals surface area contributed by atoms with Gasteiger partial charge >= 0.3 is 0 Å². The van der Waals surface area contributed by atoms with Crippen LogP contribution < -0.4 is 0 Å². The third-order valence-corrected chi connectivity index (χ3v) is 3.53. The summed E-state index contributed by atoms with van der Waals surface area (Å²) in [5.74, 6) is 0. The summed E-state index contributed by atoms with van der Waals surface area (Å²) < 4.78 is 0. The van der Waals surface area contributed by atoms with Crippen molar-refractivity contribution >= 4 is 18.0 Å². The summed E-state index contributed by atoms with van der Waals surface area (Å²) in [6.07, 6.45) is 7.64. The van der Waals surface area contributed by atoms with E-state index in [1.165, 1.54) is 27.2 Å². The van der Waals surface area contributed by atoms with Crippen LogP contribution in [0.1, 0.15) is 33.6 Å². The van der Waals surface area contributed by atoms with Crippen LogP contribution >= 0.6 is 11.8 Å². The topological polar surface area (TPSA) is 23.9 Å². The van der Waals surface area contributed by atoms with E-state index in [4.69, 9.17) is 5.41 Å². The van der Waals surface area contributed by atoms with Gasteiger partial charge in [-0.15, -0.1) is 0 Å². The van der Waals surface area contributed by atoms with E-state index < -0.39 is 0 Å². The molecule has 0 aliphatic carbocycles. The highest BCUT2D eigenvalue weighted by Gasteiger charge is 2.14. The maximum Gasteiger partial charge on any atom is 0.0185 e. The van der Waals surface area contributed by atoms with Crippen LogP contribution in [0.5, 0.6) is 0 Å².